The summed E-state index contributed by atoms with van der Waals surface area (Å²) < 4.78 is 5.56. The standard InChI is InChI=1S/C8H7IO3S/c1-2-12-8(11)7(10)5-3-4-6(9)13-5/h3-4H,2H2,1H3. The summed E-state index contributed by atoms with van der Waals surface area (Å²) in [7, 11) is 0. The Bertz CT molecular complexity index is 332. The molecule has 0 aromatic carbocycles. The number of hydrogen-bond donors (Lipinski definition) is 0. The second-order valence-corrected chi connectivity index (χ2v) is 5.13. The molecule has 0 saturated heterocycles. The predicted molar refractivity (Wildman–Crippen MR) is 58.0 cm³/mol. The van der Waals surface area contributed by atoms with Crippen LogP contribution in [0.3, 0.4) is 0 Å². The Balaban J connectivity index is 2.73. The van der Waals surface area contributed by atoms with Crippen LogP contribution in [0.4, 0.5) is 0 Å². The van der Waals surface area contributed by atoms with Gasteiger partial charge in [-0.1, -0.05) is 0 Å². The molecule has 1 rings (SSSR count). The molecule has 0 aliphatic rings. The second kappa shape index (κ2) is 4.71. The highest BCUT2D eigenvalue weighted by Crippen LogP contribution is 2.18. The first kappa shape index (κ1) is 10.6. The van der Waals surface area contributed by atoms with Gasteiger partial charge in [-0.3, -0.25) is 4.79 Å². The molecule has 0 bridgehead atoms. The van der Waals surface area contributed by atoms with E-state index < -0.39 is 11.8 Å². The van der Waals surface area contributed by atoms with Crippen LogP contribution >= 0.6 is 33.9 Å². The monoisotopic (exact) mass is 310 g/mol. The van der Waals surface area contributed by atoms with Crippen LogP contribution in [0.25, 0.3) is 0 Å². The SMILES string of the molecule is CCOC(=O)C(=O)c1ccc(I)s1. The van der Waals surface area contributed by atoms with Gasteiger partial charge in [-0.15, -0.1) is 11.3 Å². The summed E-state index contributed by atoms with van der Waals surface area (Å²) in [6.07, 6.45) is 0. The van der Waals surface area contributed by atoms with Crippen molar-refractivity contribution in [3.05, 3.63) is 19.9 Å². The van der Waals surface area contributed by atoms with E-state index in [0.717, 1.165) is 2.88 Å². The summed E-state index contributed by atoms with van der Waals surface area (Å²) in [5, 5.41) is 0. The maximum absolute atomic E-state index is 11.3. The van der Waals surface area contributed by atoms with Crippen LogP contribution in [0.1, 0.15) is 16.6 Å². The van der Waals surface area contributed by atoms with Crippen molar-refractivity contribution in [1.82, 2.24) is 0 Å². The van der Waals surface area contributed by atoms with Gasteiger partial charge in [-0.25, -0.2) is 4.79 Å². The largest absolute Gasteiger partial charge is 0.460 e. The van der Waals surface area contributed by atoms with Gasteiger partial charge in [0.1, 0.15) is 0 Å². The third-order valence-corrected chi connectivity index (χ3v) is 3.15. The molecule has 0 N–H and O–H groups in total. The van der Waals surface area contributed by atoms with Gasteiger partial charge >= 0.3 is 5.97 Å². The maximum atomic E-state index is 11.3. The summed E-state index contributed by atoms with van der Waals surface area (Å²) >= 11 is 3.38. The molecule has 0 radical (unpaired) electrons. The molecule has 0 spiro atoms. The van der Waals surface area contributed by atoms with Crippen LogP contribution in [-0.2, 0) is 9.53 Å². The van der Waals surface area contributed by atoms with Crippen molar-refractivity contribution in [2.45, 2.75) is 6.92 Å². The third kappa shape index (κ3) is 2.77. The van der Waals surface area contributed by atoms with E-state index in [0.29, 0.717) is 4.88 Å². The van der Waals surface area contributed by atoms with Crippen LogP contribution < -0.4 is 0 Å². The summed E-state index contributed by atoms with van der Waals surface area (Å²) in [5.41, 5.74) is 0. The van der Waals surface area contributed by atoms with Crippen molar-refractivity contribution in [3.8, 4) is 0 Å². The lowest BCUT2D eigenvalue weighted by molar-refractivity contribution is -0.137. The zero-order valence-corrected chi connectivity index (χ0v) is 9.85. The average Bonchev–Trinajstić information content (AvgIpc) is 2.51. The molecular formula is C8H7IO3S. The summed E-state index contributed by atoms with van der Waals surface area (Å²) in [5.74, 6) is -1.34. The van der Waals surface area contributed by atoms with E-state index in [9.17, 15) is 9.59 Å². The zero-order chi connectivity index (χ0) is 9.84. The first-order valence-electron chi connectivity index (χ1n) is 3.62. The van der Waals surface area contributed by atoms with Gasteiger partial charge in [0, 0.05) is 0 Å². The number of ketones is 1. The first-order valence-corrected chi connectivity index (χ1v) is 5.51. The highest BCUT2D eigenvalue weighted by molar-refractivity contribution is 14.1. The van der Waals surface area contributed by atoms with Crippen molar-refractivity contribution in [2.75, 3.05) is 6.61 Å². The Kier molecular flexibility index (Phi) is 3.86. The van der Waals surface area contributed by atoms with Gasteiger partial charge in [0.25, 0.3) is 5.78 Å². The molecule has 0 saturated carbocycles. The Morgan fingerprint density at radius 3 is 2.69 bits per heavy atom. The van der Waals surface area contributed by atoms with Gasteiger partial charge < -0.3 is 4.74 Å². The average molecular weight is 310 g/mol. The Hall–Kier alpha value is -0.430. The van der Waals surface area contributed by atoms with Crippen LogP contribution in [0, 0.1) is 2.88 Å². The minimum atomic E-state index is -0.777. The lowest BCUT2D eigenvalue weighted by Gasteiger charge is -1.96. The van der Waals surface area contributed by atoms with Crippen molar-refractivity contribution < 1.29 is 14.3 Å². The van der Waals surface area contributed by atoms with Crippen LogP contribution in [0.15, 0.2) is 12.1 Å². The van der Waals surface area contributed by atoms with Crippen molar-refractivity contribution in [3.63, 3.8) is 0 Å². The van der Waals surface area contributed by atoms with Gasteiger partial charge in [0.05, 0.1) is 14.4 Å². The Labute approximate surface area is 93.2 Å². The fourth-order valence-electron chi connectivity index (χ4n) is 0.734. The molecule has 0 aliphatic heterocycles. The number of carbonyl (C=O) groups is 2. The van der Waals surface area contributed by atoms with E-state index in [4.69, 9.17) is 0 Å². The van der Waals surface area contributed by atoms with Gasteiger partial charge in [0.15, 0.2) is 0 Å². The summed E-state index contributed by atoms with van der Waals surface area (Å²) in [6.45, 7) is 1.90. The third-order valence-electron chi connectivity index (χ3n) is 1.26. The molecule has 1 aromatic heterocycles. The first-order chi connectivity index (χ1) is 6.15. The van der Waals surface area contributed by atoms with Gasteiger partial charge in [0.2, 0.25) is 0 Å². The van der Waals surface area contributed by atoms with Gasteiger partial charge in [-0.05, 0) is 41.6 Å². The normalized spacial score (nSPS) is 9.69. The highest BCUT2D eigenvalue weighted by Gasteiger charge is 2.18. The summed E-state index contributed by atoms with van der Waals surface area (Å²) in [4.78, 5) is 22.7. The van der Waals surface area contributed by atoms with E-state index in [2.05, 4.69) is 27.3 Å². The lowest BCUT2D eigenvalue weighted by atomic mass is 10.3. The van der Waals surface area contributed by atoms with Gasteiger partial charge in [-0.2, -0.15) is 0 Å². The smallest absolute Gasteiger partial charge is 0.380 e. The molecule has 0 atom stereocenters. The van der Waals surface area contributed by atoms with E-state index in [1.807, 2.05) is 0 Å². The number of carbonyl (C=O) groups excluding carboxylic acids is 2. The fraction of sp³-hybridized carbons (Fsp3) is 0.250. The number of thiophene rings is 1. The lowest BCUT2D eigenvalue weighted by Crippen LogP contribution is -2.16. The molecule has 1 heterocycles. The number of Topliss-reactive ketones (excluding diaryl/α,β-unsaturated/α-hetero) is 1. The molecule has 13 heavy (non-hydrogen) atoms. The minimum Gasteiger partial charge on any atom is -0.460 e. The van der Waals surface area contributed by atoms with Crippen molar-refractivity contribution in [1.29, 1.82) is 0 Å². The molecular weight excluding hydrogens is 303 g/mol. The molecule has 70 valence electrons. The molecule has 0 aliphatic carbocycles. The second-order valence-electron chi connectivity index (χ2n) is 2.15. The van der Waals surface area contributed by atoms with Crippen LogP contribution in [0.5, 0.6) is 0 Å². The van der Waals surface area contributed by atoms with Crippen molar-refractivity contribution >= 4 is 45.7 Å². The fourth-order valence-corrected chi connectivity index (χ4v) is 2.28. The van der Waals surface area contributed by atoms with Crippen LogP contribution in [0.2, 0.25) is 0 Å². The zero-order valence-electron chi connectivity index (χ0n) is 6.87. The van der Waals surface area contributed by atoms with E-state index in [1.165, 1.54) is 11.3 Å². The molecule has 5 heteroatoms. The maximum Gasteiger partial charge on any atom is 0.380 e. The summed E-state index contributed by atoms with van der Waals surface area (Å²) in [6, 6.07) is 3.42. The number of rotatable bonds is 3. The van der Waals surface area contributed by atoms with E-state index in [-0.39, 0.29) is 6.61 Å². The van der Waals surface area contributed by atoms with E-state index in [1.54, 1.807) is 19.1 Å². The topological polar surface area (TPSA) is 43.4 Å². The predicted octanol–water partition coefficient (Wildman–Crippen LogP) is 2.10. The minimum absolute atomic E-state index is 0.229. The molecule has 0 amide bonds. The molecule has 3 nitrogen and oxygen atoms in total. The van der Waals surface area contributed by atoms with Crippen LogP contribution in [-0.4, -0.2) is 18.4 Å². The Morgan fingerprint density at radius 2 is 2.23 bits per heavy atom. The number of esters is 1. The molecule has 0 fully saturated rings. The highest BCUT2D eigenvalue weighted by atomic mass is 127. The quantitative estimate of drug-likeness (QED) is 0.372. The van der Waals surface area contributed by atoms with Crippen molar-refractivity contribution in [2.24, 2.45) is 0 Å². The molecule has 1 aromatic rings. The number of halogens is 1. The van der Waals surface area contributed by atoms with E-state index >= 15 is 0 Å². The molecule has 0 unspecified atom stereocenters. The number of hydrogen-bond acceptors (Lipinski definition) is 4. The Morgan fingerprint density at radius 1 is 1.54 bits per heavy atom. The number of ether oxygens (including phenoxy) is 1.